The number of rotatable bonds is 5. The molecule has 1 fully saturated rings. The van der Waals surface area contributed by atoms with Crippen molar-refractivity contribution in [2.24, 2.45) is 17.7 Å². The van der Waals surface area contributed by atoms with Crippen molar-refractivity contribution in [1.82, 2.24) is 0 Å². The van der Waals surface area contributed by atoms with E-state index in [4.69, 9.17) is 5.90 Å². The molecule has 0 aromatic heterocycles. The summed E-state index contributed by atoms with van der Waals surface area (Å²) in [4.78, 5) is 15.2. The lowest BCUT2D eigenvalue weighted by Gasteiger charge is -2.10. The van der Waals surface area contributed by atoms with Crippen molar-refractivity contribution in [2.75, 3.05) is 0 Å². The van der Waals surface area contributed by atoms with E-state index in [2.05, 4.69) is 4.84 Å². The molecular weight excluding hydrogens is 154 g/mol. The Labute approximate surface area is 73.2 Å². The Balaban J connectivity index is 2.18. The third-order valence-corrected chi connectivity index (χ3v) is 2.56. The number of hydrogen-bond acceptors (Lipinski definition) is 3. The summed E-state index contributed by atoms with van der Waals surface area (Å²) in [6, 6.07) is 0. The van der Waals surface area contributed by atoms with Crippen LogP contribution in [0, 0.1) is 11.8 Å². The summed E-state index contributed by atoms with van der Waals surface area (Å²) in [5.41, 5.74) is 0. The molecule has 0 amide bonds. The minimum absolute atomic E-state index is 0.0237. The normalized spacial score (nSPS) is 18.8. The Morgan fingerprint density at radius 2 is 2.33 bits per heavy atom. The Morgan fingerprint density at radius 3 is 2.75 bits per heavy atom. The predicted octanol–water partition coefficient (Wildman–Crippen LogP) is 1.62. The second kappa shape index (κ2) is 4.45. The second-order valence-electron chi connectivity index (χ2n) is 3.56. The van der Waals surface area contributed by atoms with E-state index in [1.54, 1.807) is 0 Å². The molecule has 1 saturated carbocycles. The van der Waals surface area contributed by atoms with Gasteiger partial charge in [0.05, 0.1) is 5.92 Å². The lowest BCUT2D eigenvalue weighted by Crippen LogP contribution is -2.20. The molecule has 1 rings (SSSR count). The molecule has 12 heavy (non-hydrogen) atoms. The van der Waals surface area contributed by atoms with Gasteiger partial charge in [-0.25, -0.2) is 0 Å². The molecule has 0 spiro atoms. The van der Waals surface area contributed by atoms with Crippen LogP contribution in [0.4, 0.5) is 0 Å². The average Bonchev–Trinajstić information content (AvgIpc) is 2.88. The van der Waals surface area contributed by atoms with E-state index in [0.717, 1.165) is 25.2 Å². The molecule has 1 aliphatic rings. The fraction of sp³-hybridized carbons (Fsp3) is 0.889. The molecule has 0 aliphatic heterocycles. The van der Waals surface area contributed by atoms with Crippen LogP contribution in [0.25, 0.3) is 0 Å². The highest BCUT2D eigenvalue weighted by Crippen LogP contribution is 2.35. The van der Waals surface area contributed by atoms with Crippen molar-refractivity contribution >= 4 is 5.97 Å². The van der Waals surface area contributed by atoms with Gasteiger partial charge in [-0.05, 0) is 25.2 Å². The van der Waals surface area contributed by atoms with Crippen LogP contribution in [0.2, 0.25) is 0 Å². The molecule has 1 atom stereocenters. The number of carbonyl (C=O) groups is 1. The molecule has 3 heteroatoms. The summed E-state index contributed by atoms with van der Waals surface area (Å²) in [7, 11) is 0. The standard InChI is InChI=1S/C9H17NO2/c1-2-8(9(11)12-10)6-5-7-3-4-7/h7-8H,2-6,10H2,1H3. The summed E-state index contributed by atoms with van der Waals surface area (Å²) < 4.78 is 0. The van der Waals surface area contributed by atoms with Gasteiger partial charge in [-0.2, -0.15) is 5.90 Å². The van der Waals surface area contributed by atoms with E-state index in [-0.39, 0.29) is 11.9 Å². The van der Waals surface area contributed by atoms with Gasteiger partial charge >= 0.3 is 5.97 Å². The third-order valence-electron chi connectivity index (χ3n) is 2.56. The zero-order chi connectivity index (χ0) is 8.97. The first kappa shape index (κ1) is 9.52. The SMILES string of the molecule is CCC(CCC1CC1)C(=O)ON. The summed E-state index contributed by atoms with van der Waals surface area (Å²) in [5, 5.41) is 0. The van der Waals surface area contributed by atoms with Gasteiger partial charge < -0.3 is 4.84 Å². The first-order chi connectivity index (χ1) is 5.77. The van der Waals surface area contributed by atoms with Crippen molar-refractivity contribution in [2.45, 2.75) is 39.0 Å². The van der Waals surface area contributed by atoms with Crippen LogP contribution in [-0.2, 0) is 9.63 Å². The monoisotopic (exact) mass is 171 g/mol. The lowest BCUT2D eigenvalue weighted by atomic mass is 9.99. The highest BCUT2D eigenvalue weighted by molar-refractivity contribution is 5.71. The van der Waals surface area contributed by atoms with Gasteiger partial charge in [-0.3, -0.25) is 4.79 Å². The largest absolute Gasteiger partial charge is 0.373 e. The minimum Gasteiger partial charge on any atom is -0.373 e. The van der Waals surface area contributed by atoms with Gasteiger partial charge in [0.25, 0.3) is 0 Å². The van der Waals surface area contributed by atoms with E-state index in [1.807, 2.05) is 6.92 Å². The van der Waals surface area contributed by atoms with Gasteiger partial charge in [0.15, 0.2) is 0 Å². The van der Waals surface area contributed by atoms with Crippen molar-refractivity contribution in [3.05, 3.63) is 0 Å². The molecular formula is C9H17NO2. The Hall–Kier alpha value is -0.570. The molecule has 3 nitrogen and oxygen atoms in total. The van der Waals surface area contributed by atoms with Crippen LogP contribution in [0.3, 0.4) is 0 Å². The number of carbonyl (C=O) groups excluding carboxylic acids is 1. The highest BCUT2D eigenvalue weighted by Gasteiger charge is 2.25. The van der Waals surface area contributed by atoms with Crippen LogP contribution < -0.4 is 5.90 Å². The van der Waals surface area contributed by atoms with E-state index < -0.39 is 0 Å². The average molecular weight is 171 g/mol. The maximum Gasteiger partial charge on any atom is 0.327 e. The summed E-state index contributed by atoms with van der Waals surface area (Å²) in [6.45, 7) is 1.99. The van der Waals surface area contributed by atoms with E-state index in [9.17, 15) is 4.79 Å². The quantitative estimate of drug-likeness (QED) is 0.639. The molecule has 0 bridgehead atoms. The Kier molecular flexibility index (Phi) is 3.53. The zero-order valence-corrected chi connectivity index (χ0v) is 7.58. The topological polar surface area (TPSA) is 52.3 Å². The van der Waals surface area contributed by atoms with Gasteiger partial charge in [0.2, 0.25) is 0 Å². The van der Waals surface area contributed by atoms with Crippen LogP contribution in [0.15, 0.2) is 0 Å². The first-order valence-corrected chi connectivity index (χ1v) is 4.68. The molecule has 0 aromatic rings. The minimum atomic E-state index is -0.252. The molecule has 0 heterocycles. The molecule has 1 unspecified atom stereocenters. The lowest BCUT2D eigenvalue weighted by molar-refractivity contribution is -0.149. The summed E-state index contributed by atoms with van der Waals surface area (Å²) in [6.07, 6.45) is 5.62. The molecule has 0 radical (unpaired) electrons. The van der Waals surface area contributed by atoms with E-state index in [0.29, 0.717) is 0 Å². The van der Waals surface area contributed by atoms with Crippen LogP contribution in [0.1, 0.15) is 39.0 Å². The Bertz CT molecular complexity index is 155. The highest BCUT2D eigenvalue weighted by atomic mass is 16.7. The van der Waals surface area contributed by atoms with Gasteiger partial charge in [0.1, 0.15) is 0 Å². The third kappa shape index (κ3) is 2.81. The number of hydrogen-bond donors (Lipinski definition) is 1. The first-order valence-electron chi connectivity index (χ1n) is 4.68. The van der Waals surface area contributed by atoms with Gasteiger partial charge in [-0.15, -0.1) is 0 Å². The second-order valence-corrected chi connectivity index (χ2v) is 3.56. The Morgan fingerprint density at radius 1 is 1.67 bits per heavy atom. The van der Waals surface area contributed by atoms with Crippen LogP contribution >= 0.6 is 0 Å². The van der Waals surface area contributed by atoms with Crippen LogP contribution in [0.5, 0.6) is 0 Å². The zero-order valence-electron chi connectivity index (χ0n) is 7.58. The molecule has 0 saturated heterocycles. The molecule has 0 aromatic carbocycles. The van der Waals surface area contributed by atoms with Crippen LogP contribution in [-0.4, -0.2) is 5.97 Å². The predicted molar refractivity (Wildman–Crippen MR) is 46.0 cm³/mol. The summed E-state index contributed by atoms with van der Waals surface area (Å²) >= 11 is 0. The fourth-order valence-electron chi connectivity index (χ4n) is 1.43. The van der Waals surface area contributed by atoms with Gasteiger partial charge in [0, 0.05) is 0 Å². The van der Waals surface area contributed by atoms with E-state index >= 15 is 0 Å². The number of nitrogens with two attached hydrogens (primary N) is 1. The van der Waals surface area contributed by atoms with Crippen molar-refractivity contribution < 1.29 is 9.63 Å². The maximum atomic E-state index is 11.0. The van der Waals surface area contributed by atoms with Crippen molar-refractivity contribution in [1.29, 1.82) is 0 Å². The summed E-state index contributed by atoms with van der Waals surface area (Å²) in [5.74, 6) is 5.47. The molecule has 70 valence electrons. The smallest absolute Gasteiger partial charge is 0.327 e. The van der Waals surface area contributed by atoms with Gasteiger partial charge in [-0.1, -0.05) is 19.8 Å². The van der Waals surface area contributed by atoms with Crippen molar-refractivity contribution in [3.8, 4) is 0 Å². The van der Waals surface area contributed by atoms with Crippen molar-refractivity contribution in [3.63, 3.8) is 0 Å². The molecule has 1 aliphatic carbocycles. The molecule has 2 N–H and O–H groups in total. The van der Waals surface area contributed by atoms with E-state index in [1.165, 1.54) is 12.8 Å². The fourth-order valence-corrected chi connectivity index (χ4v) is 1.43. The maximum absolute atomic E-state index is 11.0.